The van der Waals surface area contributed by atoms with Crippen LogP contribution in [0.15, 0.2) is 36.4 Å². The fraction of sp³-hybridized carbons (Fsp3) is 0.613. The Morgan fingerprint density at radius 3 is 1.80 bits per heavy atom. The lowest BCUT2D eigenvalue weighted by Gasteiger charge is -2.39. The van der Waals surface area contributed by atoms with E-state index < -0.39 is 23.5 Å². The number of alkyl halides is 2. The van der Waals surface area contributed by atoms with E-state index in [4.69, 9.17) is 0 Å². The molecule has 4 rings (SSSR count). The van der Waals surface area contributed by atoms with Crippen LogP contribution in [0.5, 0.6) is 0 Å². The van der Waals surface area contributed by atoms with Gasteiger partial charge in [0.25, 0.3) is 5.92 Å². The van der Waals surface area contributed by atoms with Gasteiger partial charge in [-0.3, -0.25) is 0 Å². The number of hydrogen-bond acceptors (Lipinski definition) is 0. The molecule has 2 aromatic rings. The van der Waals surface area contributed by atoms with Crippen LogP contribution >= 0.6 is 0 Å². The molecule has 0 saturated heterocycles. The molecular weight excluding hydrogens is 448 g/mol. The number of rotatable bonds is 8. The first-order valence-corrected chi connectivity index (χ1v) is 13.8. The lowest BCUT2D eigenvalue weighted by atomic mass is 9.67. The Balaban J connectivity index is 1.32. The number of halogens is 4. The van der Waals surface area contributed by atoms with Crippen LogP contribution in [0.2, 0.25) is 0 Å². The summed E-state index contributed by atoms with van der Waals surface area (Å²) in [5.74, 6) is -2.16. The Hall–Kier alpha value is -1.84. The Morgan fingerprint density at radius 1 is 0.743 bits per heavy atom. The highest BCUT2D eigenvalue weighted by Gasteiger charge is 2.42. The Kier molecular flexibility index (Phi) is 8.60. The van der Waals surface area contributed by atoms with Gasteiger partial charge in [-0.1, -0.05) is 63.8 Å². The maximum Gasteiger partial charge on any atom is 0.254 e. The monoisotopic (exact) mass is 488 g/mol. The van der Waals surface area contributed by atoms with Crippen LogP contribution in [0, 0.1) is 35.3 Å². The van der Waals surface area contributed by atoms with Gasteiger partial charge in [0.2, 0.25) is 0 Å². The third kappa shape index (κ3) is 6.30. The molecule has 0 aromatic heterocycles. The molecule has 0 radical (unpaired) electrons. The zero-order chi connectivity index (χ0) is 25.0. The van der Waals surface area contributed by atoms with Crippen molar-refractivity contribution in [3.05, 3.63) is 59.2 Å². The van der Waals surface area contributed by atoms with Gasteiger partial charge in [-0.25, -0.2) is 17.6 Å². The molecule has 0 N–H and O–H groups in total. The van der Waals surface area contributed by atoms with E-state index in [1.807, 2.05) is 0 Å². The summed E-state index contributed by atoms with van der Waals surface area (Å²) >= 11 is 0. The summed E-state index contributed by atoms with van der Waals surface area (Å²) in [7, 11) is 0. The molecule has 0 spiro atoms. The van der Waals surface area contributed by atoms with E-state index >= 15 is 8.78 Å². The summed E-state index contributed by atoms with van der Waals surface area (Å²) in [6.45, 7) is 3.97. The fourth-order valence-electron chi connectivity index (χ4n) is 6.71. The number of benzene rings is 2. The minimum absolute atomic E-state index is 0.0731. The van der Waals surface area contributed by atoms with Crippen molar-refractivity contribution in [2.45, 2.75) is 96.8 Å². The van der Waals surface area contributed by atoms with Gasteiger partial charge in [0.05, 0.1) is 0 Å². The first-order chi connectivity index (χ1) is 16.8. The van der Waals surface area contributed by atoms with Crippen molar-refractivity contribution in [3.63, 3.8) is 0 Å². The van der Waals surface area contributed by atoms with E-state index in [-0.39, 0.29) is 18.4 Å². The maximum atomic E-state index is 15.2. The van der Waals surface area contributed by atoms with Crippen molar-refractivity contribution in [2.24, 2.45) is 23.7 Å². The standard InChI is InChI=1S/C31H40F4/c1-3-5-21-6-10-23(11-7-21)24-14-16-27(17-15-24)31(34,35)20-22-8-12-25(13-9-22)26-18-29(32)28(4-2)30(33)19-26/h8-9,12-13,18-19,21,23-24,27H,3-7,10-11,14-17,20H2,1-2H3. The molecule has 2 aliphatic carbocycles. The predicted molar refractivity (Wildman–Crippen MR) is 136 cm³/mol. The van der Waals surface area contributed by atoms with E-state index in [9.17, 15) is 8.78 Å². The van der Waals surface area contributed by atoms with Crippen LogP contribution in [-0.4, -0.2) is 5.92 Å². The van der Waals surface area contributed by atoms with Gasteiger partial charge in [-0.15, -0.1) is 0 Å². The SMILES string of the molecule is CCCC1CCC(C2CCC(C(F)(F)Cc3ccc(-c4cc(F)c(CC)c(F)c4)cc3)CC2)CC1. The minimum Gasteiger partial charge on any atom is -0.207 e. The van der Waals surface area contributed by atoms with Gasteiger partial charge in [0.15, 0.2) is 0 Å². The molecule has 0 aliphatic heterocycles. The highest BCUT2D eigenvalue weighted by molar-refractivity contribution is 5.64. The molecule has 0 amide bonds. The van der Waals surface area contributed by atoms with Crippen LogP contribution in [0.4, 0.5) is 17.6 Å². The Morgan fingerprint density at radius 2 is 1.29 bits per heavy atom. The second-order valence-corrected chi connectivity index (χ2v) is 11.1. The molecule has 4 heteroatoms. The van der Waals surface area contributed by atoms with Crippen LogP contribution in [0.3, 0.4) is 0 Å². The molecule has 0 heterocycles. The van der Waals surface area contributed by atoms with E-state index in [1.165, 1.54) is 50.7 Å². The van der Waals surface area contributed by atoms with Gasteiger partial charge in [-0.2, -0.15) is 0 Å². The quantitative estimate of drug-likeness (QED) is 0.324. The average molecular weight is 489 g/mol. The minimum atomic E-state index is -2.73. The number of hydrogen-bond donors (Lipinski definition) is 0. The summed E-state index contributed by atoms with van der Waals surface area (Å²) in [4.78, 5) is 0. The highest BCUT2D eigenvalue weighted by Crippen LogP contribution is 2.46. The van der Waals surface area contributed by atoms with Crippen LogP contribution in [0.25, 0.3) is 11.1 Å². The van der Waals surface area contributed by atoms with Crippen molar-refractivity contribution in [1.29, 1.82) is 0 Å². The lowest BCUT2D eigenvalue weighted by molar-refractivity contribution is -0.0777. The van der Waals surface area contributed by atoms with Crippen LogP contribution < -0.4 is 0 Å². The Bertz CT molecular complexity index is 925. The molecule has 35 heavy (non-hydrogen) atoms. The second-order valence-electron chi connectivity index (χ2n) is 11.1. The first kappa shape index (κ1) is 26.2. The van der Waals surface area contributed by atoms with E-state index in [1.54, 1.807) is 31.2 Å². The summed E-state index contributed by atoms with van der Waals surface area (Å²) in [5, 5.41) is 0. The van der Waals surface area contributed by atoms with Gasteiger partial charge in [0.1, 0.15) is 11.6 Å². The van der Waals surface area contributed by atoms with Gasteiger partial charge in [0, 0.05) is 17.9 Å². The van der Waals surface area contributed by atoms with Crippen molar-refractivity contribution < 1.29 is 17.6 Å². The van der Waals surface area contributed by atoms with Crippen molar-refractivity contribution in [2.75, 3.05) is 0 Å². The maximum absolute atomic E-state index is 15.2. The molecule has 0 nitrogen and oxygen atoms in total. The molecular formula is C31H40F4. The zero-order valence-corrected chi connectivity index (χ0v) is 21.3. The van der Waals surface area contributed by atoms with Gasteiger partial charge >= 0.3 is 0 Å². The average Bonchev–Trinajstić information content (AvgIpc) is 2.85. The molecule has 0 bridgehead atoms. The molecule has 2 saturated carbocycles. The van der Waals surface area contributed by atoms with Crippen LogP contribution in [0.1, 0.15) is 89.2 Å². The van der Waals surface area contributed by atoms with E-state index in [0.29, 0.717) is 35.4 Å². The zero-order valence-electron chi connectivity index (χ0n) is 21.3. The molecule has 2 fully saturated rings. The molecule has 0 atom stereocenters. The third-order valence-electron chi connectivity index (χ3n) is 8.85. The van der Waals surface area contributed by atoms with E-state index in [2.05, 4.69) is 6.92 Å². The largest absolute Gasteiger partial charge is 0.254 e. The van der Waals surface area contributed by atoms with Gasteiger partial charge in [-0.05, 0) is 91.5 Å². The smallest absolute Gasteiger partial charge is 0.207 e. The fourth-order valence-corrected chi connectivity index (χ4v) is 6.71. The molecule has 2 aromatic carbocycles. The summed E-state index contributed by atoms with van der Waals surface area (Å²) in [5.41, 5.74) is 1.70. The van der Waals surface area contributed by atoms with Crippen molar-refractivity contribution >= 4 is 0 Å². The van der Waals surface area contributed by atoms with Crippen molar-refractivity contribution in [3.8, 4) is 11.1 Å². The lowest BCUT2D eigenvalue weighted by Crippen LogP contribution is -2.35. The first-order valence-electron chi connectivity index (χ1n) is 13.8. The topological polar surface area (TPSA) is 0 Å². The highest BCUT2D eigenvalue weighted by atomic mass is 19.3. The molecule has 192 valence electrons. The summed E-state index contributed by atoms with van der Waals surface area (Å²) < 4.78 is 58.7. The summed E-state index contributed by atoms with van der Waals surface area (Å²) in [6, 6.07) is 9.37. The van der Waals surface area contributed by atoms with Crippen molar-refractivity contribution in [1.82, 2.24) is 0 Å². The van der Waals surface area contributed by atoms with Gasteiger partial charge < -0.3 is 0 Å². The normalized spacial score (nSPS) is 25.5. The Labute approximate surface area is 208 Å². The third-order valence-corrected chi connectivity index (χ3v) is 8.85. The predicted octanol–water partition coefficient (Wildman–Crippen LogP) is 9.78. The molecule has 0 unspecified atom stereocenters. The summed E-state index contributed by atoms with van der Waals surface area (Å²) in [6.07, 6.45) is 11.0. The van der Waals surface area contributed by atoms with E-state index in [0.717, 1.165) is 24.7 Å². The van der Waals surface area contributed by atoms with Crippen LogP contribution in [-0.2, 0) is 12.8 Å². The molecule has 2 aliphatic rings. The second kappa shape index (κ2) is 11.5.